The van der Waals surface area contributed by atoms with E-state index < -0.39 is 12.0 Å². The Morgan fingerprint density at radius 1 is 1.62 bits per heavy atom. The second-order valence-electron chi connectivity index (χ2n) is 4.05. The molecule has 72 valence electrons. The fraction of sp³-hybridized carbons (Fsp3) is 0.750. The van der Waals surface area contributed by atoms with E-state index in [4.69, 9.17) is 5.11 Å². The Morgan fingerprint density at radius 3 is 2.46 bits per heavy atom. The van der Waals surface area contributed by atoms with E-state index in [9.17, 15) is 9.50 Å². The van der Waals surface area contributed by atoms with Gasteiger partial charge < -0.3 is 0 Å². The van der Waals surface area contributed by atoms with E-state index in [0.29, 0.717) is 13.6 Å². The predicted molar refractivity (Wildman–Crippen MR) is 50.4 cm³/mol. The summed E-state index contributed by atoms with van der Waals surface area (Å²) in [7, 11) is 0.485. The Bertz CT molecular complexity index is 220. The quantitative estimate of drug-likeness (QED) is 0.521. The summed E-state index contributed by atoms with van der Waals surface area (Å²) in [6.07, 6.45) is 1.41. The van der Waals surface area contributed by atoms with Crippen molar-refractivity contribution < 1.29 is 14.6 Å². The Morgan fingerprint density at radius 2 is 2.15 bits per heavy atom. The molecule has 0 aromatic rings. The Labute approximate surface area is 78.3 Å². The molecule has 0 aliphatic carbocycles. The Kier molecular flexibility index (Phi) is 4.52. The molecule has 0 heterocycles. The topological polar surface area (TPSA) is 66.7 Å². The van der Waals surface area contributed by atoms with E-state index in [0.717, 1.165) is 6.11 Å². The molecule has 0 aliphatic heterocycles. The van der Waals surface area contributed by atoms with Gasteiger partial charge in [-0.2, -0.15) is 0 Å². The Hall–Kier alpha value is -0.995. The normalized spacial score (nSPS) is 14.1. The molecule has 0 rings (SSSR count). The molecule has 0 aliphatic rings. The van der Waals surface area contributed by atoms with Gasteiger partial charge in [0.25, 0.3) is 0 Å². The summed E-state index contributed by atoms with van der Waals surface area (Å²) in [6.45, 7) is 5.79. The molecule has 4 nitrogen and oxygen atoms in total. The van der Waals surface area contributed by atoms with E-state index in [1.807, 2.05) is 20.8 Å². The first-order valence-corrected chi connectivity index (χ1v) is 4.06. The van der Waals surface area contributed by atoms with E-state index in [-0.39, 0.29) is 5.41 Å². The van der Waals surface area contributed by atoms with Crippen LogP contribution in [-0.2, 0) is 9.50 Å². The molecule has 1 atom stereocenters. The van der Waals surface area contributed by atoms with Crippen molar-refractivity contribution in [2.24, 2.45) is 10.4 Å². The zero-order valence-electron chi connectivity index (χ0n) is 8.15. The zero-order chi connectivity index (χ0) is 10.5. The molecule has 0 saturated carbocycles. The van der Waals surface area contributed by atoms with Gasteiger partial charge in [-0.05, 0) is 0 Å². The zero-order valence-corrected chi connectivity index (χ0v) is 8.15. The third-order valence-electron chi connectivity index (χ3n) is 1.42. The van der Waals surface area contributed by atoms with Gasteiger partial charge in [0, 0.05) is 0 Å². The number of carboxylic acid groups (broad SMARTS) is 1. The monoisotopic (exact) mass is 183 g/mol. The number of carboxylic acids is 1. The van der Waals surface area contributed by atoms with Gasteiger partial charge in [0.1, 0.15) is 0 Å². The fourth-order valence-corrected chi connectivity index (χ4v) is 0.923. The van der Waals surface area contributed by atoms with Crippen molar-refractivity contribution in [1.29, 1.82) is 0 Å². The van der Waals surface area contributed by atoms with Crippen LogP contribution in [0.3, 0.4) is 0 Å². The number of rotatable bonds is 4. The molecule has 0 aromatic heterocycles. The summed E-state index contributed by atoms with van der Waals surface area (Å²) in [4.78, 5) is 14.3. The summed E-state index contributed by atoms with van der Waals surface area (Å²) in [5.74, 6) is -0.993. The van der Waals surface area contributed by atoms with Crippen LogP contribution in [0.4, 0.5) is 0 Å². The number of hydrogen-bond acceptors (Lipinski definition) is 3. The maximum atomic E-state index is 10.7. The van der Waals surface area contributed by atoms with Gasteiger partial charge >= 0.3 is 77.5 Å². The molecule has 0 bridgehead atoms. The molecule has 0 spiro atoms. The molecule has 0 amide bonds. The van der Waals surface area contributed by atoms with Crippen LogP contribution in [0.15, 0.2) is 4.99 Å². The third kappa shape index (κ3) is 6.19. The second kappa shape index (κ2) is 4.89. The maximum absolute atomic E-state index is 10.7. The SMILES string of the molecule is CC(C)(C)CC(N=CB=O)C(=O)O. The van der Waals surface area contributed by atoms with Crippen LogP contribution in [0.1, 0.15) is 27.2 Å². The first-order valence-electron chi connectivity index (χ1n) is 4.06. The van der Waals surface area contributed by atoms with Crippen molar-refractivity contribution in [3.05, 3.63) is 0 Å². The van der Waals surface area contributed by atoms with Gasteiger partial charge in [-0.15, -0.1) is 0 Å². The first-order chi connectivity index (χ1) is 5.87. The number of hydrogen-bond donors (Lipinski definition) is 1. The van der Waals surface area contributed by atoms with Gasteiger partial charge in [0.15, 0.2) is 0 Å². The van der Waals surface area contributed by atoms with Crippen LogP contribution in [0, 0.1) is 5.41 Å². The average molecular weight is 183 g/mol. The van der Waals surface area contributed by atoms with Crippen molar-refractivity contribution in [2.75, 3.05) is 0 Å². The van der Waals surface area contributed by atoms with E-state index in [2.05, 4.69) is 4.99 Å². The predicted octanol–water partition coefficient (Wildman–Crippen LogP) is 0.954. The first kappa shape index (κ1) is 12.0. The third-order valence-corrected chi connectivity index (χ3v) is 1.42. The molecular weight excluding hydrogens is 169 g/mol. The molecule has 0 radical (unpaired) electrons. The van der Waals surface area contributed by atoms with Crippen LogP contribution in [0.2, 0.25) is 0 Å². The molecular formula is C8H14BNO3. The van der Waals surface area contributed by atoms with Gasteiger partial charge in [-0.3, -0.25) is 0 Å². The van der Waals surface area contributed by atoms with Crippen LogP contribution < -0.4 is 0 Å². The van der Waals surface area contributed by atoms with Crippen molar-refractivity contribution in [3.8, 4) is 0 Å². The van der Waals surface area contributed by atoms with Crippen LogP contribution in [0.25, 0.3) is 0 Å². The van der Waals surface area contributed by atoms with Crippen molar-refractivity contribution in [1.82, 2.24) is 0 Å². The summed E-state index contributed by atoms with van der Waals surface area (Å²) in [5, 5.41) is 8.73. The van der Waals surface area contributed by atoms with Crippen molar-refractivity contribution in [2.45, 2.75) is 33.2 Å². The molecule has 1 N–H and O–H groups in total. The van der Waals surface area contributed by atoms with Gasteiger partial charge in [-0.1, -0.05) is 0 Å². The molecule has 0 aromatic carbocycles. The number of nitrogens with zero attached hydrogens (tertiary/aromatic N) is 1. The summed E-state index contributed by atoms with van der Waals surface area (Å²) in [5.41, 5.74) is -0.108. The van der Waals surface area contributed by atoms with Crippen molar-refractivity contribution >= 4 is 19.2 Å². The molecule has 1 unspecified atom stereocenters. The van der Waals surface area contributed by atoms with Gasteiger partial charge in [0.2, 0.25) is 0 Å². The van der Waals surface area contributed by atoms with Crippen LogP contribution >= 0.6 is 0 Å². The molecule has 5 heteroatoms. The fourth-order valence-electron chi connectivity index (χ4n) is 0.923. The van der Waals surface area contributed by atoms with E-state index in [1.165, 1.54) is 0 Å². The molecule has 0 fully saturated rings. The minimum absolute atomic E-state index is 0.108. The van der Waals surface area contributed by atoms with Gasteiger partial charge in [0.05, 0.1) is 0 Å². The number of carbonyl (C=O) groups is 1. The van der Waals surface area contributed by atoms with E-state index >= 15 is 0 Å². The number of aliphatic imine (C=N–C) groups is 1. The van der Waals surface area contributed by atoms with Crippen LogP contribution in [-0.4, -0.2) is 30.4 Å². The summed E-state index contributed by atoms with van der Waals surface area (Å²) < 4.78 is 9.96. The molecule has 0 saturated heterocycles. The minimum atomic E-state index is -0.993. The Balaban J connectivity index is 4.35. The van der Waals surface area contributed by atoms with E-state index in [1.54, 1.807) is 0 Å². The second-order valence-corrected chi connectivity index (χ2v) is 4.05. The van der Waals surface area contributed by atoms with Crippen LogP contribution in [0.5, 0.6) is 0 Å². The summed E-state index contributed by atoms with van der Waals surface area (Å²) in [6, 6.07) is -0.815. The van der Waals surface area contributed by atoms with Gasteiger partial charge in [-0.25, -0.2) is 0 Å². The van der Waals surface area contributed by atoms with Crippen molar-refractivity contribution in [3.63, 3.8) is 0 Å². The molecule has 13 heavy (non-hydrogen) atoms. The average Bonchev–Trinajstić information content (AvgIpc) is 1.95. The summed E-state index contributed by atoms with van der Waals surface area (Å²) >= 11 is 0. The number of aliphatic carboxylic acids is 1. The standard InChI is InChI=1S/C8H14BNO3/c1-8(2,3)4-6(7(11)12)10-5-9-13/h5-6H,4H2,1-3H3,(H,11,12).